The highest BCUT2D eigenvalue weighted by atomic mass is 15.1. The number of pyridine rings is 1. The third-order valence-corrected chi connectivity index (χ3v) is 4.52. The van der Waals surface area contributed by atoms with Crippen molar-refractivity contribution in [2.45, 2.75) is 19.4 Å². The van der Waals surface area contributed by atoms with E-state index < -0.39 is 0 Å². The molecule has 3 aromatic rings. The fourth-order valence-corrected chi connectivity index (χ4v) is 3.02. The topological polar surface area (TPSA) is 28.2 Å². The zero-order chi connectivity index (χ0) is 16.9. The van der Waals surface area contributed by atoms with Crippen molar-refractivity contribution in [2.24, 2.45) is 0 Å². The molecule has 3 nitrogen and oxygen atoms in total. The second kappa shape index (κ2) is 7.45. The van der Waals surface area contributed by atoms with Gasteiger partial charge in [0.2, 0.25) is 0 Å². The summed E-state index contributed by atoms with van der Waals surface area (Å²) in [5, 5.41) is 4.87. The van der Waals surface area contributed by atoms with Crippen molar-refractivity contribution in [2.75, 3.05) is 26.0 Å². The van der Waals surface area contributed by atoms with Gasteiger partial charge in [0.1, 0.15) is 0 Å². The summed E-state index contributed by atoms with van der Waals surface area (Å²) in [6.45, 7) is 3.01. The molecule has 124 valence electrons. The van der Waals surface area contributed by atoms with Crippen LogP contribution in [0.2, 0.25) is 0 Å². The van der Waals surface area contributed by atoms with E-state index in [1.165, 1.54) is 22.2 Å². The molecule has 0 aliphatic heterocycles. The number of fused-ring (bicyclic) bond motifs is 1. The summed E-state index contributed by atoms with van der Waals surface area (Å²) >= 11 is 0. The van der Waals surface area contributed by atoms with Gasteiger partial charge in [-0.15, -0.1) is 0 Å². The van der Waals surface area contributed by atoms with Crippen molar-refractivity contribution in [3.8, 4) is 0 Å². The van der Waals surface area contributed by atoms with Gasteiger partial charge in [-0.1, -0.05) is 48.5 Å². The van der Waals surface area contributed by atoms with Crippen molar-refractivity contribution in [1.82, 2.24) is 9.88 Å². The van der Waals surface area contributed by atoms with E-state index >= 15 is 0 Å². The molecule has 0 saturated heterocycles. The number of aromatic nitrogens is 1. The Labute approximate surface area is 144 Å². The van der Waals surface area contributed by atoms with Crippen LogP contribution in [0.25, 0.3) is 10.9 Å². The second-order valence-electron chi connectivity index (χ2n) is 6.52. The third-order valence-electron chi connectivity index (χ3n) is 4.52. The number of benzene rings is 2. The molecule has 0 aliphatic rings. The fourth-order valence-electron chi connectivity index (χ4n) is 3.02. The van der Waals surface area contributed by atoms with E-state index in [2.05, 4.69) is 84.8 Å². The molecule has 24 heavy (non-hydrogen) atoms. The average molecular weight is 319 g/mol. The van der Waals surface area contributed by atoms with E-state index in [-0.39, 0.29) is 0 Å². The molecule has 2 aromatic carbocycles. The summed E-state index contributed by atoms with van der Waals surface area (Å²) in [6.07, 6.45) is 2.98. The predicted octanol–water partition coefficient (Wildman–Crippen LogP) is 4.13. The Bertz CT molecular complexity index is 797. The highest BCUT2D eigenvalue weighted by molar-refractivity contribution is 5.92. The minimum absolute atomic E-state index is 0.429. The number of rotatable bonds is 6. The molecular formula is C21H25N3. The van der Waals surface area contributed by atoms with Crippen LogP contribution in [0.15, 0.2) is 60.8 Å². The monoisotopic (exact) mass is 319 g/mol. The highest BCUT2D eigenvalue weighted by Crippen LogP contribution is 2.25. The van der Waals surface area contributed by atoms with Crippen LogP contribution in [0.5, 0.6) is 0 Å². The number of hydrogen-bond acceptors (Lipinski definition) is 3. The van der Waals surface area contributed by atoms with Crippen LogP contribution in [-0.2, 0) is 6.42 Å². The van der Waals surface area contributed by atoms with Crippen molar-refractivity contribution >= 4 is 16.6 Å². The van der Waals surface area contributed by atoms with Crippen LogP contribution >= 0.6 is 0 Å². The molecule has 0 aliphatic carbocycles. The fraction of sp³-hybridized carbons (Fsp3) is 0.286. The van der Waals surface area contributed by atoms with Gasteiger partial charge in [0.15, 0.2) is 0 Å². The van der Waals surface area contributed by atoms with Crippen LogP contribution in [0.1, 0.15) is 11.1 Å². The summed E-state index contributed by atoms with van der Waals surface area (Å²) in [5.74, 6) is 0. The highest BCUT2D eigenvalue weighted by Gasteiger charge is 2.14. The van der Waals surface area contributed by atoms with E-state index in [1.807, 2.05) is 12.3 Å². The molecule has 0 fully saturated rings. The normalized spacial score (nSPS) is 12.5. The number of nitrogens with one attached hydrogen (secondary N) is 1. The van der Waals surface area contributed by atoms with Gasteiger partial charge in [0.05, 0.1) is 5.52 Å². The van der Waals surface area contributed by atoms with Crippen LogP contribution in [0.4, 0.5) is 5.69 Å². The molecule has 0 saturated carbocycles. The van der Waals surface area contributed by atoms with Gasteiger partial charge in [-0.25, -0.2) is 0 Å². The Morgan fingerprint density at radius 3 is 2.46 bits per heavy atom. The molecule has 3 heteroatoms. The maximum atomic E-state index is 4.52. The number of nitrogens with zero attached hydrogens (tertiary/aromatic N) is 2. The standard InChI is InChI=1S/C21H25N3/c1-16-14-22-20-12-8-7-11-19(20)21(16)23-15-18(24(2)3)13-17-9-5-4-6-10-17/h4-12,14,18H,13,15H2,1-3H3,(H,22,23). The van der Waals surface area contributed by atoms with Gasteiger partial charge in [0.25, 0.3) is 0 Å². The lowest BCUT2D eigenvalue weighted by Crippen LogP contribution is -2.36. The van der Waals surface area contributed by atoms with Crippen LogP contribution in [-0.4, -0.2) is 36.6 Å². The van der Waals surface area contributed by atoms with E-state index in [4.69, 9.17) is 0 Å². The summed E-state index contributed by atoms with van der Waals surface area (Å²) < 4.78 is 0. The first kappa shape index (κ1) is 16.5. The van der Waals surface area contributed by atoms with Crippen LogP contribution < -0.4 is 5.32 Å². The van der Waals surface area contributed by atoms with Crippen molar-refractivity contribution in [3.63, 3.8) is 0 Å². The summed E-state index contributed by atoms with van der Waals surface area (Å²) in [6, 6.07) is 19.4. The number of hydrogen-bond donors (Lipinski definition) is 1. The van der Waals surface area contributed by atoms with Gasteiger partial charge in [-0.05, 0) is 44.6 Å². The van der Waals surface area contributed by atoms with Crippen molar-refractivity contribution in [3.05, 3.63) is 71.9 Å². The Morgan fingerprint density at radius 1 is 1.00 bits per heavy atom. The Morgan fingerprint density at radius 2 is 1.71 bits per heavy atom. The molecule has 0 radical (unpaired) electrons. The summed E-state index contributed by atoms with van der Waals surface area (Å²) in [7, 11) is 4.29. The number of anilines is 1. The smallest absolute Gasteiger partial charge is 0.0722 e. The molecule has 1 N–H and O–H groups in total. The first-order chi connectivity index (χ1) is 11.6. The maximum Gasteiger partial charge on any atom is 0.0722 e. The lowest BCUT2D eigenvalue weighted by molar-refractivity contribution is 0.303. The zero-order valence-electron chi connectivity index (χ0n) is 14.7. The molecule has 1 heterocycles. The maximum absolute atomic E-state index is 4.52. The van der Waals surface area contributed by atoms with Crippen LogP contribution in [0, 0.1) is 6.92 Å². The van der Waals surface area contributed by atoms with E-state index in [0.717, 1.165) is 18.5 Å². The molecule has 1 aromatic heterocycles. The van der Waals surface area contributed by atoms with E-state index in [9.17, 15) is 0 Å². The minimum Gasteiger partial charge on any atom is -0.383 e. The molecule has 1 unspecified atom stereocenters. The zero-order valence-corrected chi connectivity index (χ0v) is 14.7. The Kier molecular flexibility index (Phi) is 5.11. The van der Waals surface area contributed by atoms with E-state index in [0.29, 0.717) is 6.04 Å². The number of para-hydroxylation sites is 1. The lowest BCUT2D eigenvalue weighted by Gasteiger charge is -2.26. The number of likely N-dealkylation sites (N-methyl/N-ethyl adjacent to an activating group) is 1. The molecule has 0 bridgehead atoms. The van der Waals surface area contributed by atoms with Crippen molar-refractivity contribution < 1.29 is 0 Å². The van der Waals surface area contributed by atoms with Gasteiger partial charge in [0, 0.05) is 29.9 Å². The van der Waals surface area contributed by atoms with Gasteiger partial charge >= 0.3 is 0 Å². The number of aryl methyl sites for hydroxylation is 1. The molecule has 0 spiro atoms. The minimum atomic E-state index is 0.429. The second-order valence-corrected chi connectivity index (χ2v) is 6.52. The van der Waals surface area contributed by atoms with E-state index in [1.54, 1.807) is 0 Å². The first-order valence-corrected chi connectivity index (χ1v) is 8.43. The largest absolute Gasteiger partial charge is 0.383 e. The first-order valence-electron chi connectivity index (χ1n) is 8.43. The molecular weight excluding hydrogens is 294 g/mol. The van der Waals surface area contributed by atoms with Crippen molar-refractivity contribution in [1.29, 1.82) is 0 Å². The molecule has 0 amide bonds. The summed E-state index contributed by atoms with van der Waals surface area (Å²) in [4.78, 5) is 6.81. The van der Waals surface area contributed by atoms with Gasteiger partial charge < -0.3 is 10.2 Å². The predicted molar refractivity (Wildman–Crippen MR) is 103 cm³/mol. The lowest BCUT2D eigenvalue weighted by atomic mass is 10.0. The third kappa shape index (κ3) is 3.74. The molecule has 3 rings (SSSR count). The Balaban J connectivity index is 1.79. The van der Waals surface area contributed by atoms with Crippen LogP contribution in [0.3, 0.4) is 0 Å². The average Bonchev–Trinajstić information content (AvgIpc) is 2.60. The quantitative estimate of drug-likeness (QED) is 0.740. The molecule has 1 atom stereocenters. The summed E-state index contributed by atoms with van der Waals surface area (Å²) in [5.41, 5.74) is 4.79. The van der Waals surface area contributed by atoms with Gasteiger partial charge in [-0.3, -0.25) is 4.98 Å². The Hall–Kier alpha value is -2.39. The van der Waals surface area contributed by atoms with Gasteiger partial charge in [-0.2, -0.15) is 0 Å². The SMILES string of the molecule is Cc1cnc2ccccc2c1NCC(Cc1ccccc1)N(C)C.